The summed E-state index contributed by atoms with van der Waals surface area (Å²) in [6.07, 6.45) is 0. The van der Waals surface area contributed by atoms with E-state index in [-0.39, 0.29) is 42.2 Å². The average Bonchev–Trinajstić information content (AvgIpc) is 2.44. The van der Waals surface area contributed by atoms with Crippen molar-refractivity contribution >= 4 is 41.3 Å². The molecule has 2 rings (SSSR count). The predicted octanol–water partition coefficient (Wildman–Crippen LogP) is 3.76. The van der Waals surface area contributed by atoms with Crippen LogP contribution in [0, 0.1) is 24.0 Å². The fraction of sp³-hybridized carbons (Fsp3) is 0.188. The lowest BCUT2D eigenvalue weighted by molar-refractivity contribution is -0.384. The molecule has 0 bridgehead atoms. The van der Waals surface area contributed by atoms with Gasteiger partial charge in [-0.05, 0) is 42.7 Å². The number of aryl methyl sites for hydroxylation is 2. The fourth-order valence-electron chi connectivity index (χ4n) is 2.18. The predicted molar refractivity (Wildman–Crippen MR) is 103 cm³/mol. The van der Waals surface area contributed by atoms with Crippen LogP contribution in [0.25, 0.3) is 0 Å². The Balaban J connectivity index is 0.00000264. The molecule has 2 aromatic carbocycles. The van der Waals surface area contributed by atoms with Crippen LogP contribution in [0.15, 0.2) is 47.5 Å². The van der Waals surface area contributed by atoms with Crippen molar-refractivity contribution < 1.29 is 4.92 Å². The minimum Gasteiger partial charge on any atom is -0.370 e. The molecule has 0 spiro atoms. The Bertz CT molecular complexity index is 712. The van der Waals surface area contributed by atoms with Gasteiger partial charge in [0.15, 0.2) is 5.96 Å². The number of aliphatic imine (C=N–C) groups is 1. The Hall–Kier alpha value is -2.16. The van der Waals surface area contributed by atoms with Gasteiger partial charge < -0.3 is 11.1 Å². The first-order chi connectivity index (χ1) is 10.4. The number of benzene rings is 2. The third-order valence-corrected chi connectivity index (χ3v) is 3.05. The van der Waals surface area contributed by atoms with Gasteiger partial charge in [0.25, 0.3) is 5.69 Å². The van der Waals surface area contributed by atoms with Crippen molar-refractivity contribution in [2.24, 2.45) is 10.7 Å². The van der Waals surface area contributed by atoms with Crippen LogP contribution in [0.3, 0.4) is 0 Å². The summed E-state index contributed by atoms with van der Waals surface area (Å²) in [7, 11) is 0. The lowest BCUT2D eigenvalue weighted by Gasteiger charge is -2.08. The molecule has 0 saturated heterocycles. The molecule has 23 heavy (non-hydrogen) atoms. The normalized spacial score (nSPS) is 10.8. The van der Waals surface area contributed by atoms with Gasteiger partial charge in [-0.3, -0.25) is 10.1 Å². The van der Waals surface area contributed by atoms with Gasteiger partial charge in [0.1, 0.15) is 0 Å². The number of rotatable bonds is 4. The lowest BCUT2D eigenvalue weighted by Crippen LogP contribution is -2.22. The van der Waals surface area contributed by atoms with Crippen molar-refractivity contribution in [2.45, 2.75) is 20.4 Å². The van der Waals surface area contributed by atoms with Gasteiger partial charge in [0.05, 0.1) is 11.5 Å². The van der Waals surface area contributed by atoms with Crippen LogP contribution in [-0.4, -0.2) is 10.9 Å². The van der Waals surface area contributed by atoms with Gasteiger partial charge in [-0.2, -0.15) is 0 Å². The smallest absolute Gasteiger partial charge is 0.269 e. The Kier molecular flexibility index (Phi) is 6.95. The number of hydrogen-bond donors (Lipinski definition) is 2. The van der Waals surface area contributed by atoms with Crippen molar-refractivity contribution in [1.82, 2.24) is 0 Å². The number of nitrogens with one attached hydrogen (secondary N) is 1. The largest absolute Gasteiger partial charge is 0.370 e. The highest BCUT2D eigenvalue weighted by Gasteiger charge is 2.05. The molecule has 0 aliphatic heterocycles. The molecule has 122 valence electrons. The molecule has 6 nitrogen and oxygen atoms in total. The van der Waals surface area contributed by atoms with E-state index < -0.39 is 4.92 Å². The zero-order valence-electron chi connectivity index (χ0n) is 12.9. The van der Waals surface area contributed by atoms with Crippen molar-refractivity contribution in [2.75, 3.05) is 5.32 Å². The van der Waals surface area contributed by atoms with E-state index in [0.717, 1.165) is 22.4 Å². The minimum atomic E-state index is -0.426. The van der Waals surface area contributed by atoms with Crippen molar-refractivity contribution in [3.05, 3.63) is 69.3 Å². The molecule has 0 aliphatic carbocycles. The summed E-state index contributed by atoms with van der Waals surface area (Å²) in [6, 6.07) is 12.4. The number of nitrogens with two attached hydrogens (primary N) is 1. The Morgan fingerprint density at radius 2 is 1.87 bits per heavy atom. The molecular formula is C16H19IN4O2. The van der Waals surface area contributed by atoms with Gasteiger partial charge in [-0.25, -0.2) is 4.99 Å². The molecule has 0 aromatic heterocycles. The molecule has 0 heterocycles. The maximum Gasteiger partial charge on any atom is 0.269 e. The molecule has 0 fully saturated rings. The number of halogens is 1. The lowest BCUT2D eigenvalue weighted by atomic mass is 10.1. The summed E-state index contributed by atoms with van der Waals surface area (Å²) in [5, 5.41) is 13.8. The monoisotopic (exact) mass is 426 g/mol. The maximum atomic E-state index is 10.7. The fourth-order valence-corrected chi connectivity index (χ4v) is 2.18. The van der Waals surface area contributed by atoms with E-state index in [1.54, 1.807) is 12.1 Å². The van der Waals surface area contributed by atoms with E-state index in [4.69, 9.17) is 5.73 Å². The highest BCUT2D eigenvalue weighted by Crippen LogP contribution is 2.15. The zero-order chi connectivity index (χ0) is 16.1. The SMILES string of the molecule is Cc1cc(C)cc(NC(N)=NCc2cccc([N+](=O)[O-])c2)c1.I. The van der Waals surface area contributed by atoms with Gasteiger partial charge >= 0.3 is 0 Å². The van der Waals surface area contributed by atoms with Crippen LogP contribution in [-0.2, 0) is 6.54 Å². The Morgan fingerprint density at radius 1 is 1.22 bits per heavy atom. The molecule has 0 unspecified atom stereocenters. The van der Waals surface area contributed by atoms with Crippen LogP contribution in [0.2, 0.25) is 0 Å². The van der Waals surface area contributed by atoms with E-state index in [9.17, 15) is 10.1 Å². The van der Waals surface area contributed by atoms with Crippen LogP contribution in [0.1, 0.15) is 16.7 Å². The van der Waals surface area contributed by atoms with Crippen LogP contribution in [0.4, 0.5) is 11.4 Å². The second-order valence-corrected chi connectivity index (χ2v) is 5.13. The number of non-ortho nitro benzene ring substituents is 1. The quantitative estimate of drug-likeness (QED) is 0.256. The molecule has 3 N–H and O–H groups in total. The van der Waals surface area contributed by atoms with Crippen molar-refractivity contribution in [3.63, 3.8) is 0 Å². The van der Waals surface area contributed by atoms with E-state index in [1.165, 1.54) is 12.1 Å². The first-order valence-corrected chi connectivity index (χ1v) is 6.82. The summed E-state index contributed by atoms with van der Waals surface area (Å²) in [5.41, 5.74) is 9.78. The Labute approximate surface area is 152 Å². The second kappa shape index (κ2) is 8.47. The number of nitro benzene ring substituents is 1. The maximum absolute atomic E-state index is 10.7. The van der Waals surface area contributed by atoms with Crippen molar-refractivity contribution in [3.8, 4) is 0 Å². The van der Waals surface area contributed by atoms with Gasteiger partial charge in [0, 0.05) is 17.8 Å². The molecular weight excluding hydrogens is 407 g/mol. The van der Waals surface area contributed by atoms with Gasteiger partial charge in [-0.15, -0.1) is 24.0 Å². The first-order valence-electron chi connectivity index (χ1n) is 6.82. The van der Waals surface area contributed by atoms with E-state index in [1.807, 2.05) is 26.0 Å². The highest BCUT2D eigenvalue weighted by molar-refractivity contribution is 14.0. The molecule has 0 saturated carbocycles. The van der Waals surface area contributed by atoms with Crippen molar-refractivity contribution in [1.29, 1.82) is 0 Å². The van der Waals surface area contributed by atoms with E-state index in [0.29, 0.717) is 0 Å². The second-order valence-electron chi connectivity index (χ2n) is 5.13. The van der Waals surface area contributed by atoms with Gasteiger partial charge in [0.2, 0.25) is 0 Å². The zero-order valence-corrected chi connectivity index (χ0v) is 15.3. The summed E-state index contributed by atoms with van der Waals surface area (Å²) >= 11 is 0. The van der Waals surface area contributed by atoms with Gasteiger partial charge in [-0.1, -0.05) is 18.2 Å². The van der Waals surface area contributed by atoms with Crippen LogP contribution >= 0.6 is 24.0 Å². The average molecular weight is 426 g/mol. The molecule has 2 aromatic rings. The number of nitrogens with zero attached hydrogens (tertiary/aromatic N) is 2. The third-order valence-electron chi connectivity index (χ3n) is 3.05. The standard InChI is InChI=1S/C16H18N4O2.HI/c1-11-6-12(2)8-14(7-11)19-16(17)18-10-13-4-3-5-15(9-13)20(21)22;/h3-9H,10H2,1-2H3,(H3,17,18,19);1H. The molecule has 0 amide bonds. The Morgan fingerprint density at radius 3 is 2.48 bits per heavy atom. The van der Waals surface area contributed by atoms with E-state index in [2.05, 4.69) is 16.4 Å². The number of guanidine groups is 1. The number of anilines is 1. The number of nitro groups is 1. The van der Waals surface area contributed by atoms with Crippen LogP contribution < -0.4 is 11.1 Å². The summed E-state index contributed by atoms with van der Waals surface area (Å²) in [6.45, 7) is 4.30. The molecule has 0 aliphatic rings. The topological polar surface area (TPSA) is 93.5 Å². The van der Waals surface area contributed by atoms with E-state index >= 15 is 0 Å². The summed E-state index contributed by atoms with van der Waals surface area (Å²) < 4.78 is 0. The summed E-state index contributed by atoms with van der Waals surface area (Å²) in [5.74, 6) is 0.275. The highest BCUT2D eigenvalue weighted by atomic mass is 127. The summed E-state index contributed by atoms with van der Waals surface area (Å²) in [4.78, 5) is 14.5. The third kappa shape index (κ3) is 5.85. The molecule has 0 radical (unpaired) electrons. The molecule has 7 heteroatoms. The number of hydrogen-bond acceptors (Lipinski definition) is 3. The first kappa shape index (κ1) is 18.9. The van der Waals surface area contributed by atoms with Crippen LogP contribution in [0.5, 0.6) is 0 Å². The minimum absolute atomic E-state index is 0. The molecule has 0 atom stereocenters.